The quantitative estimate of drug-likeness (QED) is 0.564. The third-order valence-corrected chi connectivity index (χ3v) is 1.89. The van der Waals surface area contributed by atoms with E-state index in [-0.39, 0.29) is 10.2 Å². The van der Waals surface area contributed by atoms with Crippen LogP contribution in [0.1, 0.15) is 0 Å². The predicted molar refractivity (Wildman–Crippen MR) is 52.1 cm³/mol. The number of dihydropyridines is 1. The van der Waals surface area contributed by atoms with Crippen molar-refractivity contribution in [2.24, 2.45) is 0 Å². The standard InChI is InChI=1S/C7H7NO2S2/c9-6(11)4-2-1-3-5(8-4)7(10)12/h1-4,8H,(H,9,11)(H,10,12). The largest absolute Gasteiger partial charge is 0.368 e. The molecule has 1 N–H and O–H groups in total. The first-order valence-corrected chi connectivity index (χ1v) is 4.12. The molecule has 0 saturated carbocycles. The zero-order valence-electron chi connectivity index (χ0n) is 6.02. The molecule has 0 fully saturated rings. The normalized spacial score (nSPS) is 21.2. The van der Waals surface area contributed by atoms with Gasteiger partial charge in [0.1, 0.15) is 6.04 Å². The summed E-state index contributed by atoms with van der Waals surface area (Å²) in [6, 6.07) is -0.524. The van der Waals surface area contributed by atoms with Crippen LogP contribution in [0.3, 0.4) is 0 Å². The molecule has 12 heavy (non-hydrogen) atoms. The van der Waals surface area contributed by atoms with Crippen LogP contribution < -0.4 is 5.32 Å². The van der Waals surface area contributed by atoms with Crippen molar-refractivity contribution in [3.8, 4) is 0 Å². The van der Waals surface area contributed by atoms with Crippen LogP contribution in [0.5, 0.6) is 0 Å². The Bertz CT molecular complexity index is 283. The van der Waals surface area contributed by atoms with E-state index >= 15 is 0 Å². The zero-order valence-corrected chi connectivity index (χ0v) is 7.81. The van der Waals surface area contributed by atoms with Gasteiger partial charge >= 0.3 is 0 Å². The maximum absolute atomic E-state index is 10.8. The molecule has 1 unspecified atom stereocenters. The van der Waals surface area contributed by atoms with Crippen LogP contribution in [0.4, 0.5) is 0 Å². The number of hydrogen-bond donors (Lipinski definition) is 3. The highest BCUT2D eigenvalue weighted by atomic mass is 32.1. The number of rotatable bonds is 2. The van der Waals surface area contributed by atoms with Crippen molar-refractivity contribution in [1.29, 1.82) is 0 Å². The molecule has 1 rings (SSSR count). The van der Waals surface area contributed by atoms with Gasteiger partial charge in [0.2, 0.25) is 10.2 Å². The van der Waals surface area contributed by atoms with Gasteiger partial charge in [-0.15, -0.1) is 12.6 Å². The monoisotopic (exact) mass is 201 g/mol. The van der Waals surface area contributed by atoms with Crippen LogP contribution in [-0.4, -0.2) is 16.3 Å². The Morgan fingerprint density at radius 3 is 2.58 bits per heavy atom. The molecule has 0 bridgehead atoms. The number of allylic oxidation sites excluding steroid dienone is 2. The van der Waals surface area contributed by atoms with Crippen LogP contribution in [0, 0.1) is 0 Å². The Kier molecular flexibility index (Phi) is 2.99. The molecule has 0 aromatic rings. The summed E-state index contributed by atoms with van der Waals surface area (Å²) in [5.74, 6) is 0. The lowest BCUT2D eigenvalue weighted by atomic mass is 10.2. The average Bonchev–Trinajstić information content (AvgIpc) is 2.04. The van der Waals surface area contributed by atoms with Crippen molar-refractivity contribution in [3.63, 3.8) is 0 Å². The third-order valence-electron chi connectivity index (χ3n) is 1.37. The van der Waals surface area contributed by atoms with E-state index in [0.717, 1.165) is 0 Å². The van der Waals surface area contributed by atoms with Gasteiger partial charge in [-0.2, -0.15) is 0 Å². The Hall–Kier alpha value is -0.680. The van der Waals surface area contributed by atoms with Crippen LogP contribution in [0.2, 0.25) is 0 Å². The third kappa shape index (κ3) is 2.15. The first-order valence-electron chi connectivity index (χ1n) is 3.22. The number of thiol groups is 2. The minimum atomic E-state index is -0.524. The van der Waals surface area contributed by atoms with Crippen LogP contribution in [0.15, 0.2) is 23.9 Å². The van der Waals surface area contributed by atoms with Gasteiger partial charge in [0, 0.05) is 0 Å². The van der Waals surface area contributed by atoms with Gasteiger partial charge in [0.25, 0.3) is 0 Å². The van der Waals surface area contributed by atoms with E-state index in [4.69, 9.17) is 0 Å². The van der Waals surface area contributed by atoms with Crippen LogP contribution in [0.25, 0.3) is 0 Å². The average molecular weight is 201 g/mol. The van der Waals surface area contributed by atoms with Gasteiger partial charge in [-0.1, -0.05) is 24.8 Å². The highest BCUT2D eigenvalue weighted by molar-refractivity contribution is 7.97. The number of carbonyl (C=O) groups excluding carboxylic acids is 2. The maximum atomic E-state index is 10.8. The summed E-state index contributed by atoms with van der Waals surface area (Å²) in [6.07, 6.45) is 4.80. The van der Waals surface area contributed by atoms with Crippen LogP contribution >= 0.6 is 25.3 Å². The lowest BCUT2D eigenvalue weighted by Gasteiger charge is -2.16. The van der Waals surface area contributed by atoms with Gasteiger partial charge in [0.05, 0.1) is 5.70 Å². The summed E-state index contributed by atoms with van der Waals surface area (Å²) in [4.78, 5) is 21.5. The molecule has 3 nitrogen and oxygen atoms in total. The first kappa shape index (κ1) is 9.41. The summed E-state index contributed by atoms with van der Waals surface area (Å²) in [7, 11) is 0. The van der Waals surface area contributed by atoms with E-state index in [1.807, 2.05) is 0 Å². The van der Waals surface area contributed by atoms with E-state index in [0.29, 0.717) is 5.70 Å². The van der Waals surface area contributed by atoms with E-state index in [1.54, 1.807) is 18.2 Å². The fraction of sp³-hybridized carbons (Fsp3) is 0.143. The highest BCUT2D eigenvalue weighted by Crippen LogP contribution is 2.06. The van der Waals surface area contributed by atoms with E-state index in [2.05, 4.69) is 30.6 Å². The second-order valence-corrected chi connectivity index (χ2v) is 3.08. The predicted octanol–water partition coefficient (Wildman–Crippen LogP) is 0.311. The van der Waals surface area contributed by atoms with Gasteiger partial charge in [-0.3, -0.25) is 9.59 Å². The number of carbonyl (C=O) groups is 2. The van der Waals surface area contributed by atoms with Gasteiger partial charge in [-0.25, -0.2) is 0 Å². The Morgan fingerprint density at radius 1 is 1.42 bits per heavy atom. The molecule has 1 atom stereocenters. The Morgan fingerprint density at radius 2 is 2.08 bits per heavy atom. The van der Waals surface area contributed by atoms with Crippen molar-refractivity contribution in [1.82, 2.24) is 5.32 Å². The lowest BCUT2D eigenvalue weighted by Crippen LogP contribution is -2.35. The molecule has 0 spiro atoms. The molecule has 0 aliphatic carbocycles. The van der Waals surface area contributed by atoms with E-state index in [9.17, 15) is 9.59 Å². The number of nitrogens with one attached hydrogen (secondary N) is 1. The zero-order chi connectivity index (χ0) is 9.14. The van der Waals surface area contributed by atoms with Crippen molar-refractivity contribution < 1.29 is 9.59 Å². The molecule has 0 aromatic carbocycles. The molecular formula is C7H7NO2S2. The molecule has 0 amide bonds. The smallest absolute Gasteiger partial charge is 0.232 e. The Balaban J connectivity index is 2.74. The SMILES string of the molecule is O=C(S)C1=CC=CC(C(=O)S)N1. The summed E-state index contributed by atoms with van der Waals surface area (Å²) < 4.78 is 0. The molecule has 64 valence electrons. The minimum absolute atomic E-state index is 0.313. The van der Waals surface area contributed by atoms with Crippen molar-refractivity contribution in [3.05, 3.63) is 23.9 Å². The van der Waals surface area contributed by atoms with Gasteiger partial charge < -0.3 is 5.32 Å². The minimum Gasteiger partial charge on any atom is -0.368 e. The van der Waals surface area contributed by atoms with Crippen LogP contribution in [-0.2, 0) is 9.59 Å². The summed E-state index contributed by atoms with van der Waals surface area (Å²) in [5, 5.41) is 1.96. The highest BCUT2D eigenvalue weighted by Gasteiger charge is 2.16. The summed E-state index contributed by atoms with van der Waals surface area (Å²) in [5.41, 5.74) is 0.313. The second-order valence-electron chi connectivity index (χ2n) is 2.23. The molecule has 1 aliphatic rings. The van der Waals surface area contributed by atoms with Crippen molar-refractivity contribution in [2.75, 3.05) is 0 Å². The molecule has 5 heteroatoms. The topological polar surface area (TPSA) is 46.2 Å². The molecule has 0 aromatic heterocycles. The van der Waals surface area contributed by atoms with Crippen molar-refractivity contribution in [2.45, 2.75) is 6.04 Å². The maximum Gasteiger partial charge on any atom is 0.232 e. The lowest BCUT2D eigenvalue weighted by molar-refractivity contribution is -0.111. The van der Waals surface area contributed by atoms with E-state index in [1.165, 1.54) is 0 Å². The van der Waals surface area contributed by atoms with E-state index < -0.39 is 6.04 Å². The molecule has 0 saturated heterocycles. The molecule has 0 radical (unpaired) electrons. The van der Waals surface area contributed by atoms with Gasteiger partial charge in [-0.05, 0) is 6.08 Å². The molecule has 1 heterocycles. The van der Waals surface area contributed by atoms with Crippen molar-refractivity contribution >= 4 is 35.5 Å². The fourth-order valence-corrected chi connectivity index (χ4v) is 1.09. The number of hydrogen-bond acceptors (Lipinski definition) is 3. The first-order chi connectivity index (χ1) is 5.61. The molecular weight excluding hydrogens is 194 g/mol. The fourth-order valence-electron chi connectivity index (χ4n) is 0.804. The Labute approximate surface area is 80.7 Å². The summed E-state index contributed by atoms with van der Waals surface area (Å²) >= 11 is 7.24. The van der Waals surface area contributed by atoms with Gasteiger partial charge in [0.15, 0.2) is 0 Å². The summed E-state index contributed by atoms with van der Waals surface area (Å²) in [6.45, 7) is 0. The molecule has 1 aliphatic heterocycles. The second kappa shape index (κ2) is 3.82.